The Bertz CT molecular complexity index is 890. The number of benzene rings is 1. The van der Waals surface area contributed by atoms with Crippen LogP contribution in [-0.2, 0) is 6.42 Å². The summed E-state index contributed by atoms with van der Waals surface area (Å²) in [7, 11) is 0. The Morgan fingerprint density at radius 2 is 1.93 bits per heavy atom. The number of thiophene rings is 1. The Morgan fingerprint density at radius 3 is 2.70 bits per heavy atom. The summed E-state index contributed by atoms with van der Waals surface area (Å²) in [6.45, 7) is 5.54. The molecule has 1 aromatic heterocycles. The van der Waals surface area contributed by atoms with Gasteiger partial charge in [-0.05, 0) is 61.4 Å². The van der Waals surface area contributed by atoms with Crippen LogP contribution in [0.5, 0.6) is 11.5 Å². The van der Waals surface area contributed by atoms with Crippen LogP contribution in [0.3, 0.4) is 0 Å². The van der Waals surface area contributed by atoms with E-state index in [-0.39, 0.29) is 23.9 Å². The topological polar surface area (TPSA) is 55.8 Å². The third-order valence-electron chi connectivity index (χ3n) is 5.30. The smallest absolute Gasteiger partial charge is 0.263 e. The van der Waals surface area contributed by atoms with Gasteiger partial charge in [0.25, 0.3) is 5.91 Å². The highest BCUT2D eigenvalue weighted by Gasteiger charge is 2.34. The third-order valence-corrected chi connectivity index (χ3v) is 6.47. The number of rotatable bonds is 4. The van der Waals surface area contributed by atoms with Gasteiger partial charge in [0.1, 0.15) is 0 Å². The summed E-state index contributed by atoms with van der Waals surface area (Å²) in [4.78, 5) is 27.6. The lowest BCUT2D eigenvalue weighted by atomic mass is 9.77. The van der Waals surface area contributed by atoms with Crippen LogP contribution in [0.2, 0.25) is 0 Å². The number of fused-ring (bicyclic) bond motifs is 1. The zero-order valence-corrected chi connectivity index (χ0v) is 16.4. The van der Waals surface area contributed by atoms with Crippen molar-refractivity contribution in [3.63, 3.8) is 0 Å². The van der Waals surface area contributed by atoms with Crippen molar-refractivity contribution in [2.24, 2.45) is 5.41 Å². The fraction of sp³-hybridized carbons (Fsp3) is 0.429. The molecule has 3 heterocycles. The quantitative estimate of drug-likeness (QED) is 0.742. The van der Waals surface area contributed by atoms with E-state index in [4.69, 9.17) is 9.47 Å². The van der Waals surface area contributed by atoms with Crippen LogP contribution in [0.4, 0.5) is 0 Å². The first kappa shape index (κ1) is 18.0. The molecule has 1 aromatic carbocycles. The molecular weight excluding hydrogens is 362 g/mol. The van der Waals surface area contributed by atoms with Crippen molar-refractivity contribution in [2.45, 2.75) is 33.1 Å². The maximum atomic E-state index is 12.9. The van der Waals surface area contributed by atoms with Gasteiger partial charge in [-0.1, -0.05) is 13.0 Å². The number of ketones is 1. The number of piperidine rings is 1. The molecule has 1 fully saturated rings. The second-order valence-corrected chi connectivity index (χ2v) is 8.81. The van der Waals surface area contributed by atoms with Gasteiger partial charge < -0.3 is 14.4 Å². The number of likely N-dealkylation sites (tertiary alicyclic amines) is 1. The van der Waals surface area contributed by atoms with Crippen molar-refractivity contribution < 1.29 is 19.1 Å². The van der Waals surface area contributed by atoms with Gasteiger partial charge in [-0.15, -0.1) is 11.3 Å². The number of Topliss-reactive ketones (excluding diaryl/α,β-unsaturated/α-hetero) is 1. The summed E-state index contributed by atoms with van der Waals surface area (Å²) < 4.78 is 10.9. The van der Waals surface area contributed by atoms with Crippen LogP contribution in [0.1, 0.15) is 51.6 Å². The van der Waals surface area contributed by atoms with Crippen LogP contribution < -0.4 is 9.47 Å². The molecule has 0 bridgehead atoms. The first-order valence-electron chi connectivity index (χ1n) is 9.22. The molecule has 0 spiro atoms. The highest BCUT2D eigenvalue weighted by Crippen LogP contribution is 2.38. The molecule has 0 saturated carbocycles. The van der Waals surface area contributed by atoms with Crippen LogP contribution in [0.25, 0.3) is 0 Å². The molecule has 5 nitrogen and oxygen atoms in total. The van der Waals surface area contributed by atoms with Crippen LogP contribution in [-0.4, -0.2) is 36.5 Å². The second kappa shape index (κ2) is 7.00. The zero-order chi connectivity index (χ0) is 19.0. The highest BCUT2D eigenvalue weighted by atomic mass is 32.1. The lowest BCUT2D eigenvalue weighted by molar-refractivity contribution is 0.0555. The van der Waals surface area contributed by atoms with Crippen molar-refractivity contribution in [2.75, 3.05) is 19.9 Å². The largest absolute Gasteiger partial charge is 0.454 e. The van der Waals surface area contributed by atoms with E-state index in [0.29, 0.717) is 16.3 Å². The van der Waals surface area contributed by atoms with Gasteiger partial charge in [0.2, 0.25) is 6.79 Å². The monoisotopic (exact) mass is 385 g/mol. The average Bonchev–Trinajstić information content (AvgIpc) is 3.30. The van der Waals surface area contributed by atoms with Gasteiger partial charge in [0.05, 0.1) is 9.75 Å². The van der Waals surface area contributed by atoms with E-state index < -0.39 is 0 Å². The minimum atomic E-state index is 0.00495. The number of nitrogens with zero attached hydrogens (tertiary/aromatic N) is 1. The van der Waals surface area contributed by atoms with Gasteiger partial charge in [0.15, 0.2) is 17.3 Å². The molecule has 0 radical (unpaired) electrons. The van der Waals surface area contributed by atoms with Gasteiger partial charge in [0, 0.05) is 13.1 Å². The molecule has 4 rings (SSSR count). The molecule has 27 heavy (non-hydrogen) atoms. The normalized spacial score (nSPS) is 21.3. The van der Waals surface area contributed by atoms with Crippen molar-refractivity contribution in [3.8, 4) is 11.5 Å². The first-order chi connectivity index (χ1) is 12.9. The SMILES string of the molecule is CC(=O)c1ccc(C(=O)N2CCCC(C)(Cc3ccc4c(c3)OCO4)C2)s1. The number of ether oxygens (including phenoxy) is 2. The summed E-state index contributed by atoms with van der Waals surface area (Å²) in [6.07, 6.45) is 2.95. The Morgan fingerprint density at radius 1 is 1.15 bits per heavy atom. The Labute approximate surface area is 162 Å². The minimum absolute atomic E-state index is 0.00495. The molecule has 0 N–H and O–H groups in total. The lowest BCUT2D eigenvalue weighted by Crippen LogP contribution is -2.45. The number of carbonyl (C=O) groups is 2. The van der Waals surface area contributed by atoms with E-state index >= 15 is 0 Å². The highest BCUT2D eigenvalue weighted by molar-refractivity contribution is 7.15. The molecule has 142 valence electrons. The van der Waals surface area contributed by atoms with Crippen LogP contribution >= 0.6 is 11.3 Å². The Hall–Kier alpha value is -2.34. The molecule has 2 aliphatic heterocycles. The van der Waals surface area contributed by atoms with Crippen molar-refractivity contribution in [3.05, 3.63) is 45.6 Å². The maximum Gasteiger partial charge on any atom is 0.263 e. The molecule has 6 heteroatoms. The van der Waals surface area contributed by atoms with E-state index in [1.165, 1.54) is 23.8 Å². The average molecular weight is 385 g/mol. The van der Waals surface area contributed by atoms with E-state index in [0.717, 1.165) is 37.3 Å². The number of carbonyl (C=O) groups excluding carboxylic acids is 2. The molecule has 1 atom stereocenters. The zero-order valence-electron chi connectivity index (χ0n) is 15.6. The molecule has 1 unspecified atom stereocenters. The lowest BCUT2D eigenvalue weighted by Gasteiger charge is -2.40. The van der Waals surface area contributed by atoms with Gasteiger partial charge in [-0.3, -0.25) is 9.59 Å². The molecular formula is C21H23NO4S. The Kier molecular flexibility index (Phi) is 4.68. The number of hydrogen-bond donors (Lipinski definition) is 0. The van der Waals surface area contributed by atoms with Gasteiger partial charge >= 0.3 is 0 Å². The molecule has 0 aliphatic carbocycles. The standard InChI is InChI=1S/C21H23NO4S/c1-14(23)18-6-7-19(27-18)20(24)22-9-3-8-21(2,12-22)11-15-4-5-16-17(10-15)26-13-25-16/h4-7,10H,3,8-9,11-13H2,1-2H3. The van der Waals surface area contributed by atoms with Crippen LogP contribution in [0, 0.1) is 5.41 Å². The van der Waals surface area contributed by atoms with Gasteiger partial charge in [-0.2, -0.15) is 0 Å². The van der Waals surface area contributed by atoms with E-state index in [9.17, 15) is 9.59 Å². The maximum absolute atomic E-state index is 12.9. The summed E-state index contributed by atoms with van der Waals surface area (Å²) >= 11 is 1.29. The minimum Gasteiger partial charge on any atom is -0.454 e. The van der Waals surface area contributed by atoms with E-state index in [1.807, 2.05) is 17.0 Å². The van der Waals surface area contributed by atoms with Crippen LogP contribution in [0.15, 0.2) is 30.3 Å². The third kappa shape index (κ3) is 3.72. The predicted molar refractivity (Wildman–Crippen MR) is 104 cm³/mol. The predicted octanol–water partition coefficient (Wildman–Crippen LogP) is 4.16. The molecule has 1 amide bonds. The first-order valence-corrected chi connectivity index (χ1v) is 10.0. The Balaban J connectivity index is 1.47. The summed E-state index contributed by atoms with van der Waals surface area (Å²) in [5, 5.41) is 0. The summed E-state index contributed by atoms with van der Waals surface area (Å²) in [6, 6.07) is 9.61. The van der Waals surface area contributed by atoms with Crippen molar-refractivity contribution >= 4 is 23.0 Å². The van der Waals surface area contributed by atoms with Crippen molar-refractivity contribution in [1.29, 1.82) is 0 Å². The fourth-order valence-corrected chi connectivity index (χ4v) is 4.84. The molecule has 2 aliphatic rings. The van der Waals surface area contributed by atoms with E-state index in [1.54, 1.807) is 12.1 Å². The number of hydrogen-bond acceptors (Lipinski definition) is 5. The molecule has 2 aromatic rings. The van der Waals surface area contributed by atoms with Gasteiger partial charge in [-0.25, -0.2) is 0 Å². The summed E-state index contributed by atoms with van der Waals surface area (Å²) in [5.41, 5.74) is 1.22. The molecule has 1 saturated heterocycles. The second-order valence-electron chi connectivity index (χ2n) is 7.73. The van der Waals surface area contributed by atoms with Crippen molar-refractivity contribution in [1.82, 2.24) is 4.90 Å². The number of amides is 1. The van der Waals surface area contributed by atoms with E-state index in [2.05, 4.69) is 13.0 Å². The fourth-order valence-electron chi connectivity index (χ4n) is 3.97. The summed E-state index contributed by atoms with van der Waals surface area (Å²) in [5.74, 6) is 1.63.